The molecule has 6 nitrogen and oxygen atoms in total. The Hall–Kier alpha value is -3.22. The zero-order chi connectivity index (χ0) is 19.4. The van der Waals surface area contributed by atoms with Gasteiger partial charge in [0.25, 0.3) is 0 Å². The van der Waals surface area contributed by atoms with Crippen LogP contribution < -0.4 is 5.32 Å². The molecule has 0 saturated heterocycles. The number of amides is 2. The van der Waals surface area contributed by atoms with Crippen molar-refractivity contribution in [1.29, 1.82) is 0 Å². The minimum atomic E-state index is -0.358. The van der Waals surface area contributed by atoms with E-state index in [4.69, 9.17) is 4.52 Å². The lowest BCUT2D eigenvalue weighted by Gasteiger charge is -2.25. The lowest BCUT2D eigenvalue weighted by molar-refractivity contribution is 0.182. The SMILES string of the molecule is Cc1cccc(-c2noc(CN(C(=O)Nc3ccc(F)cc3)C(C)C)n2)c1. The van der Waals surface area contributed by atoms with E-state index in [0.717, 1.165) is 11.1 Å². The summed E-state index contributed by atoms with van der Waals surface area (Å²) in [5.41, 5.74) is 2.47. The highest BCUT2D eigenvalue weighted by Crippen LogP contribution is 2.18. The normalized spacial score (nSPS) is 10.9. The Kier molecular flexibility index (Phi) is 5.49. The van der Waals surface area contributed by atoms with Crippen LogP contribution in [-0.2, 0) is 6.54 Å². The van der Waals surface area contributed by atoms with Crippen LogP contribution in [-0.4, -0.2) is 27.1 Å². The predicted octanol–water partition coefficient (Wildman–Crippen LogP) is 4.63. The van der Waals surface area contributed by atoms with Crippen LogP contribution in [0.4, 0.5) is 14.9 Å². The van der Waals surface area contributed by atoms with Gasteiger partial charge in [-0.3, -0.25) is 0 Å². The second kappa shape index (κ2) is 7.99. The number of anilines is 1. The average Bonchev–Trinajstić information content (AvgIpc) is 3.10. The van der Waals surface area contributed by atoms with Crippen molar-refractivity contribution in [2.75, 3.05) is 5.32 Å². The molecule has 7 heteroatoms. The number of carbonyl (C=O) groups is 1. The monoisotopic (exact) mass is 368 g/mol. The predicted molar refractivity (Wildman–Crippen MR) is 101 cm³/mol. The van der Waals surface area contributed by atoms with Gasteiger partial charge in [-0.15, -0.1) is 0 Å². The quantitative estimate of drug-likeness (QED) is 0.713. The van der Waals surface area contributed by atoms with Crippen molar-refractivity contribution < 1.29 is 13.7 Å². The summed E-state index contributed by atoms with van der Waals surface area (Å²) < 4.78 is 18.3. The van der Waals surface area contributed by atoms with E-state index in [2.05, 4.69) is 15.5 Å². The number of benzene rings is 2. The Morgan fingerprint density at radius 2 is 1.96 bits per heavy atom. The molecular weight excluding hydrogens is 347 g/mol. The van der Waals surface area contributed by atoms with E-state index in [1.807, 2.05) is 45.0 Å². The highest BCUT2D eigenvalue weighted by atomic mass is 19.1. The first-order valence-corrected chi connectivity index (χ1v) is 8.65. The molecule has 0 aliphatic heterocycles. The summed E-state index contributed by atoms with van der Waals surface area (Å²) in [5, 5.41) is 6.75. The number of hydrogen-bond donors (Lipinski definition) is 1. The molecular formula is C20H21FN4O2. The van der Waals surface area contributed by atoms with Crippen molar-refractivity contribution in [3.05, 3.63) is 65.8 Å². The Labute approximate surface area is 157 Å². The number of rotatable bonds is 5. The van der Waals surface area contributed by atoms with Gasteiger partial charge in [-0.25, -0.2) is 9.18 Å². The zero-order valence-corrected chi connectivity index (χ0v) is 15.4. The van der Waals surface area contributed by atoms with Crippen LogP contribution >= 0.6 is 0 Å². The van der Waals surface area contributed by atoms with Crippen molar-refractivity contribution in [1.82, 2.24) is 15.0 Å². The molecule has 0 fully saturated rings. The molecule has 1 heterocycles. The number of nitrogens with one attached hydrogen (secondary N) is 1. The molecule has 3 aromatic rings. The van der Waals surface area contributed by atoms with Crippen molar-refractivity contribution in [3.8, 4) is 11.4 Å². The topological polar surface area (TPSA) is 71.3 Å². The Balaban J connectivity index is 1.73. The summed E-state index contributed by atoms with van der Waals surface area (Å²) in [4.78, 5) is 18.6. The molecule has 140 valence electrons. The van der Waals surface area contributed by atoms with E-state index < -0.39 is 0 Å². The third-order valence-electron chi connectivity index (χ3n) is 4.03. The third-order valence-corrected chi connectivity index (χ3v) is 4.03. The molecule has 0 atom stereocenters. The molecule has 0 aliphatic carbocycles. The highest BCUT2D eigenvalue weighted by molar-refractivity contribution is 5.89. The Morgan fingerprint density at radius 3 is 2.63 bits per heavy atom. The van der Waals surface area contributed by atoms with Gasteiger partial charge in [0.15, 0.2) is 0 Å². The van der Waals surface area contributed by atoms with E-state index in [1.54, 1.807) is 4.90 Å². The van der Waals surface area contributed by atoms with Crippen LogP contribution in [0.3, 0.4) is 0 Å². The molecule has 3 rings (SSSR count). The van der Waals surface area contributed by atoms with Gasteiger partial charge in [-0.05, 0) is 51.1 Å². The van der Waals surface area contributed by atoms with Crippen LogP contribution in [0.2, 0.25) is 0 Å². The Morgan fingerprint density at radius 1 is 1.22 bits per heavy atom. The van der Waals surface area contributed by atoms with Crippen molar-refractivity contribution in [2.24, 2.45) is 0 Å². The number of halogens is 1. The fourth-order valence-electron chi connectivity index (χ4n) is 2.58. The minimum absolute atomic E-state index is 0.0974. The first-order chi connectivity index (χ1) is 12.9. The molecule has 0 aliphatic rings. The molecule has 27 heavy (non-hydrogen) atoms. The van der Waals surface area contributed by atoms with Crippen LogP contribution in [0.25, 0.3) is 11.4 Å². The third kappa shape index (κ3) is 4.69. The van der Waals surface area contributed by atoms with E-state index in [0.29, 0.717) is 17.4 Å². The van der Waals surface area contributed by atoms with Gasteiger partial charge in [0.05, 0.1) is 0 Å². The van der Waals surface area contributed by atoms with Gasteiger partial charge in [0.2, 0.25) is 11.7 Å². The molecule has 0 radical (unpaired) electrons. The number of nitrogens with zero attached hydrogens (tertiary/aromatic N) is 3. The van der Waals surface area contributed by atoms with Crippen LogP contribution in [0, 0.1) is 12.7 Å². The van der Waals surface area contributed by atoms with E-state index in [-0.39, 0.29) is 24.4 Å². The first-order valence-electron chi connectivity index (χ1n) is 8.65. The number of aromatic nitrogens is 2. The fourth-order valence-corrected chi connectivity index (χ4v) is 2.58. The molecule has 2 aromatic carbocycles. The number of urea groups is 1. The minimum Gasteiger partial charge on any atom is -0.337 e. The molecule has 0 saturated carbocycles. The summed E-state index contributed by atoms with van der Waals surface area (Å²) in [6, 6.07) is 13.0. The summed E-state index contributed by atoms with van der Waals surface area (Å²) >= 11 is 0. The second-order valence-corrected chi connectivity index (χ2v) is 6.54. The van der Waals surface area contributed by atoms with Gasteiger partial charge >= 0.3 is 6.03 Å². The molecule has 1 aromatic heterocycles. The largest absolute Gasteiger partial charge is 0.337 e. The maximum absolute atomic E-state index is 13.0. The molecule has 0 spiro atoms. The summed E-state index contributed by atoms with van der Waals surface area (Å²) in [7, 11) is 0. The summed E-state index contributed by atoms with van der Waals surface area (Å²) in [6.45, 7) is 5.94. The zero-order valence-electron chi connectivity index (χ0n) is 15.4. The number of carbonyl (C=O) groups excluding carboxylic acids is 1. The number of hydrogen-bond acceptors (Lipinski definition) is 4. The maximum atomic E-state index is 13.0. The smallest absolute Gasteiger partial charge is 0.322 e. The second-order valence-electron chi connectivity index (χ2n) is 6.54. The van der Waals surface area contributed by atoms with Gasteiger partial charge in [0.1, 0.15) is 12.4 Å². The van der Waals surface area contributed by atoms with E-state index in [1.165, 1.54) is 24.3 Å². The average molecular weight is 368 g/mol. The van der Waals surface area contributed by atoms with E-state index >= 15 is 0 Å². The molecule has 0 unspecified atom stereocenters. The summed E-state index contributed by atoms with van der Waals surface area (Å²) in [5.74, 6) is 0.467. The van der Waals surface area contributed by atoms with Crippen molar-refractivity contribution >= 4 is 11.7 Å². The Bertz CT molecular complexity index is 922. The van der Waals surface area contributed by atoms with Gasteiger partial charge < -0.3 is 14.7 Å². The van der Waals surface area contributed by atoms with Crippen molar-refractivity contribution in [2.45, 2.75) is 33.4 Å². The van der Waals surface area contributed by atoms with Crippen LogP contribution in [0.5, 0.6) is 0 Å². The van der Waals surface area contributed by atoms with Gasteiger partial charge in [-0.1, -0.05) is 28.9 Å². The lowest BCUT2D eigenvalue weighted by Crippen LogP contribution is -2.39. The van der Waals surface area contributed by atoms with Crippen molar-refractivity contribution in [3.63, 3.8) is 0 Å². The standard InChI is InChI=1S/C20H21FN4O2/c1-13(2)25(20(26)22-17-9-7-16(21)8-10-17)12-18-23-19(24-27-18)15-6-4-5-14(3)11-15/h4-11,13H,12H2,1-3H3,(H,22,26). The number of aryl methyl sites for hydroxylation is 1. The molecule has 1 N–H and O–H groups in total. The lowest BCUT2D eigenvalue weighted by atomic mass is 10.1. The van der Waals surface area contributed by atoms with Gasteiger partial charge in [-0.2, -0.15) is 4.98 Å². The van der Waals surface area contributed by atoms with Gasteiger partial charge in [0, 0.05) is 17.3 Å². The first kappa shape index (κ1) is 18.6. The van der Waals surface area contributed by atoms with Crippen LogP contribution in [0.15, 0.2) is 53.1 Å². The highest BCUT2D eigenvalue weighted by Gasteiger charge is 2.21. The van der Waals surface area contributed by atoms with Crippen LogP contribution in [0.1, 0.15) is 25.3 Å². The maximum Gasteiger partial charge on any atom is 0.322 e. The summed E-state index contributed by atoms with van der Waals surface area (Å²) in [6.07, 6.45) is 0. The molecule has 0 bridgehead atoms. The fraction of sp³-hybridized carbons (Fsp3) is 0.250. The van der Waals surface area contributed by atoms with E-state index in [9.17, 15) is 9.18 Å². The molecule has 2 amide bonds.